The van der Waals surface area contributed by atoms with E-state index in [1.807, 2.05) is 11.9 Å². The molecule has 0 aliphatic heterocycles. The lowest BCUT2D eigenvalue weighted by Gasteiger charge is -2.00. The largest absolute Gasteiger partial charge is 0.264 e. The van der Waals surface area contributed by atoms with E-state index >= 15 is 0 Å². The summed E-state index contributed by atoms with van der Waals surface area (Å²) in [6, 6.07) is 0. The molecule has 0 atom stereocenters. The average molecular weight is 189 g/mol. The van der Waals surface area contributed by atoms with Crippen molar-refractivity contribution in [2.45, 2.75) is 52.4 Å². The summed E-state index contributed by atoms with van der Waals surface area (Å²) in [5.41, 5.74) is 0. The first-order chi connectivity index (χ1) is 5.91. The van der Waals surface area contributed by atoms with Crippen LogP contribution in [0, 0.1) is 0 Å². The van der Waals surface area contributed by atoms with E-state index in [4.69, 9.17) is 0 Å². The van der Waals surface area contributed by atoms with Gasteiger partial charge in [0, 0.05) is 12.3 Å². The number of unbranched alkanes of at least 4 members (excludes halogenated alkanes) is 5. The van der Waals surface area contributed by atoms with Crippen LogP contribution in [0.15, 0.2) is 0 Å². The monoisotopic (exact) mass is 189 g/mol. The van der Waals surface area contributed by atoms with Gasteiger partial charge in [-0.2, -0.15) is 0 Å². The third kappa shape index (κ3) is 10.3. The molecule has 0 saturated carbocycles. The highest BCUT2D eigenvalue weighted by Crippen LogP contribution is 2.07. The van der Waals surface area contributed by atoms with E-state index < -0.39 is 0 Å². The molecule has 0 fully saturated rings. The maximum Gasteiger partial charge on any atom is 0.00786 e. The zero-order chi connectivity index (χ0) is 9.07. The number of nitrogens with one attached hydrogen (secondary N) is 1. The summed E-state index contributed by atoms with van der Waals surface area (Å²) in [5, 5.41) is 0. The van der Waals surface area contributed by atoms with Crippen LogP contribution in [0.1, 0.15) is 52.4 Å². The number of rotatable bonds is 9. The second-order valence-corrected chi connectivity index (χ2v) is 4.10. The maximum atomic E-state index is 3.27. The molecule has 0 radical (unpaired) electrons. The molecule has 0 bridgehead atoms. The van der Waals surface area contributed by atoms with Crippen molar-refractivity contribution < 1.29 is 0 Å². The molecule has 0 aliphatic rings. The van der Waals surface area contributed by atoms with Crippen molar-refractivity contribution in [1.29, 1.82) is 0 Å². The zero-order valence-electron chi connectivity index (χ0n) is 8.57. The molecule has 12 heavy (non-hydrogen) atoms. The Balaban J connectivity index is 2.73. The topological polar surface area (TPSA) is 12.0 Å². The molecule has 0 spiro atoms. The summed E-state index contributed by atoms with van der Waals surface area (Å²) in [6.45, 7) is 5.50. The predicted molar refractivity (Wildman–Crippen MR) is 59.5 cm³/mol. The summed E-state index contributed by atoms with van der Waals surface area (Å²) in [6.07, 6.45) is 8.43. The van der Waals surface area contributed by atoms with Crippen LogP contribution < -0.4 is 4.72 Å². The first kappa shape index (κ1) is 12.3. The van der Waals surface area contributed by atoms with E-state index in [0.29, 0.717) is 0 Å². The predicted octanol–water partition coefficient (Wildman–Crippen LogP) is 3.60. The molecule has 1 nitrogen and oxygen atoms in total. The van der Waals surface area contributed by atoms with E-state index in [9.17, 15) is 0 Å². The molecule has 74 valence electrons. The fraction of sp³-hybridized carbons (Fsp3) is 1.00. The molecular weight excluding hydrogens is 166 g/mol. The first-order valence-electron chi connectivity index (χ1n) is 5.26. The van der Waals surface area contributed by atoms with Crippen molar-refractivity contribution in [3.05, 3.63) is 0 Å². The Kier molecular flexibility index (Phi) is 11.6. The van der Waals surface area contributed by atoms with Crippen molar-refractivity contribution >= 4 is 11.9 Å². The summed E-state index contributed by atoms with van der Waals surface area (Å²) < 4.78 is 3.27. The van der Waals surface area contributed by atoms with Crippen molar-refractivity contribution in [1.82, 2.24) is 4.72 Å². The first-order valence-corrected chi connectivity index (χ1v) is 6.25. The van der Waals surface area contributed by atoms with Crippen molar-refractivity contribution in [3.63, 3.8) is 0 Å². The molecule has 1 N–H and O–H groups in total. The van der Waals surface area contributed by atoms with Gasteiger partial charge in [-0.05, 0) is 6.42 Å². The molecule has 0 aliphatic carbocycles. The van der Waals surface area contributed by atoms with Crippen LogP contribution in [0.5, 0.6) is 0 Å². The highest BCUT2D eigenvalue weighted by Gasteiger charge is 1.89. The third-order valence-corrected chi connectivity index (χ3v) is 2.83. The van der Waals surface area contributed by atoms with E-state index in [-0.39, 0.29) is 0 Å². The molecule has 0 heterocycles. The molecule has 0 rings (SSSR count). The van der Waals surface area contributed by atoms with Gasteiger partial charge in [0.1, 0.15) is 0 Å². The summed E-state index contributed by atoms with van der Waals surface area (Å²) in [4.78, 5) is 0. The molecule has 0 aromatic carbocycles. The van der Waals surface area contributed by atoms with Gasteiger partial charge in [-0.1, -0.05) is 57.9 Å². The van der Waals surface area contributed by atoms with Gasteiger partial charge < -0.3 is 0 Å². The molecular formula is C10H23NS. The highest BCUT2D eigenvalue weighted by molar-refractivity contribution is 7.97. The van der Waals surface area contributed by atoms with E-state index in [1.54, 1.807) is 0 Å². The normalized spacial score (nSPS) is 10.5. The number of hydrogen-bond acceptors (Lipinski definition) is 2. The lowest BCUT2D eigenvalue weighted by atomic mass is 10.1. The standard InChI is InChI=1S/C10H23NS/c1-3-5-6-7-8-9-10-12-11-4-2/h11H,3-10H2,1-2H3. The Morgan fingerprint density at radius 2 is 1.58 bits per heavy atom. The van der Waals surface area contributed by atoms with Gasteiger partial charge in [0.2, 0.25) is 0 Å². The minimum atomic E-state index is 1.08. The lowest BCUT2D eigenvalue weighted by Crippen LogP contribution is -2.01. The Hall–Kier alpha value is 0.310. The molecule has 0 unspecified atom stereocenters. The average Bonchev–Trinajstić information content (AvgIpc) is 2.10. The van der Waals surface area contributed by atoms with Crippen LogP contribution in [-0.2, 0) is 0 Å². The van der Waals surface area contributed by atoms with Gasteiger partial charge in [0.05, 0.1) is 0 Å². The Morgan fingerprint density at radius 3 is 2.25 bits per heavy atom. The van der Waals surface area contributed by atoms with Gasteiger partial charge in [-0.25, -0.2) is 0 Å². The summed E-state index contributed by atoms with van der Waals surface area (Å²) >= 11 is 1.87. The van der Waals surface area contributed by atoms with Crippen LogP contribution in [0.2, 0.25) is 0 Å². The number of hydrogen-bond donors (Lipinski definition) is 1. The minimum absolute atomic E-state index is 1.08. The van der Waals surface area contributed by atoms with Gasteiger partial charge in [-0.15, -0.1) is 0 Å². The molecule has 0 aromatic heterocycles. The molecule has 0 saturated heterocycles. The second kappa shape index (κ2) is 11.3. The van der Waals surface area contributed by atoms with Gasteiger partial charge in [0.25, 0.3) is 0 Å². The fourth-order valence-corrected chi connectivity index (χ4v) is 1.83. The van der Waals surface area contributed by atoms with Crippen LogP contribution in [-0.4, -0.2) is 12.3 Å². The summed E-state index contributed by atoms with van der Waals surface area (Å²) in [7, 11) is 0. The van der Waals surface area contributed by atoms with E-state index in [0.717, 1.165) is 6.54 Å². The quantitative estimate of drug-likeness (QED) is 0.439. The zero-order valence-corrected chi connectivity index (χ0v) is 9.38. The fourth-order valence-electron chi connectivity index (χ4n) is 1.13. The molecule has 0 aromatic rings. The Labute approximate surface area is 81.8 Å². The van der Waals surface area contributed by atoms with Gasteiger partial charge in [0.15, 0.2) is 0 Å². The smallest absolute Gasteiger partial charge is 0.00786 e. The van der Waals surface area contributed by atoms with Crippen LogP contribution in [0.3, 0.4) is 0 Å². The van der Waals surface area contributed by atoms with Crippen LogP contribution >= 0.6 is 11.9 Å². The lowest BCUT2D eigenvalue weighted by molar-refractivity contribution is 0.626. The van der Waals surface area contributed by atoms with Gasteiger partial charge >= 0.3 is 0 Å². The second-order valence-electron chi connectivity index (χ2n) is 3.11. The van der Waals surface area contributed by atoms with Crippen LogP contribution in [0.4, 0.5) is 0 Å². The molecule has 2 heteroatoms. The van der Waals surface area contributed by atoms with Gasteiger partial charge in [-0.3, -0.25) is 4.72 Å². The van der Waals surface area contributed by atoms with Crippen molar-refractivity contribution in [2.75, 3.05) is 12.3 Å². The minimum Gasteiger partial charge on any atom is -0.264 e. The van der Waals surface area contributed by atoms with E-state index in [1.165, 1.54) is 44.3 Å². The van der Waals surface area contributed by atoms with Crippen LogP contribution in [0.25, 0.3) is 0 Å². The van der Waals surface area contributed by atoms with Crippen molar-refractivity contribution in [3.8, 4) is 0 Å². The molecule has 0 amide bonds. The SMILES string of the molecule is CCCCCCCCSNCC. The summed E-state index contributed by atoms with van der Waals surface area (Å²) in [5.74, 6) is 1.28. The van der Waals surface area contributed by atoms with Crippen molar-refractivity contribution in [2.24, 2.45) is 0 Å². The van der Waals surface area contributed by atoms with E-state index in [2.05, 4.69) is 18.6 Å². The highest BCUT2D eigenvalue weighted by atomic mass is 32.2. The Morgan fingerprint density at radius 1 is 0.917 bits per heavy atom. The third-order valence-electron chi connectivity index (χ3n) is 1.85. The maximum absolute atomic E-state index is 3.27. The Bertz CT molecular complexity index is 66.2.